The van der Waals surface area contributed by atoms with Gasteiger partial charge in [0.15, 0.2) is 0 Å². The van der Waals surface area contributed by atoms with Crippen molar-refractivity contribution < 1.29 is 23.0 Å². The van der Waals surface area contributed by atoms with Crippen LogP contribution in [0.25, 0.3) is 10.8 Å². The van der Waals surface area contributed by atoms with Crippen LogP contribution in [0.3, 0.4) is 0 Å². The second kappa shape index (κ2) is 9.15. The number of rotatable bonds is 7. The molecule has 0 bridgehead atoms. The minimum absolute atomic E-state index is 0.0918. The molecule has 1 saturated carbocycles. The van der Waals surface area contributed by atoms with E-state index in [1.54, 1.807) is 25.1 Å². The average Bonchev–Trinajstić information content (AvgIpc) is 2.71. The Morgan fingerprint density at radius 1 is 1.10 bits per heavy atom. The van der Waals surface area contributed by atoms with Crippen molar-refractivity contribution >= 4 is 10.8 Å². The van der Waals surface area contributed by atoms with Crippen LogP contribution < -0.4 is 10.5 Å². The van der Waals surface area contributed by atoms with Gasteiger partial charge in [-0.15, -0.1) is 0 Å². The number of halogens is 3. The van der Waals surface area contributed by atoms with E-state index in [2.05, 4.69) is 6.92 Å². The summed E-state index contributed by atoms with van der Waals surface area (Å²) in [4.78, 5) is 0. The summed E-state index contributed by atoms with van der Waals surface area (Å²) in [5.41, 5.74) is 4.89. The van der Waals surface area contributed by atoms with Gasteiger partial charge in [0.2, 0.25) is 0 Å². The zero-order chi connectivity index (χ0) is 21.9. The highest BCUT2D eigenvalue weighted by Crippen LogP contribution is 2.43. The van der Waals surface area contributed by atoms with Crippen LogP contribution in [0.15, 0.2) is 30.3 Å². The third kappa shape index (κ3) is 5.09. The Balaban J connectivity index is 1.87. The average molecular weight is 424 g/mol. The molecule has 0 spiro atoms. The molecule has 2 aromatic carbocycles. The fourth-order valence-corrected chi connectivity index (χ4v) is 4.36. The minimum Gasteiger partial charge on any atom is -0.490 e. The molecule has 166 valence electrons. The number of aliphatic hydroxyl groups is 1. The summed E-state index contributed by atoms with van der Waals surface area (Å²) < 4.78 is 47.9. The van der Waals surface area contributed by atoms with Gasteiger partial charge >= 0.3 is 6.18 Å². The van der Waals surface area contributed by atoms with Gasteiger partial charge in [0.1, 0.15) is 11.3 Å². The lowest BCUT2D eigenvalue weighted by Crippen LogP contribution is -2.36. The van der Waals surface area contributed by atoms with E-state index in [4.69, 9.17) is 10.5 Å². The molecule has 1 atom stereocenters. The topological polar surface area (TPSA) is 55.5 Å². The van der Waals surface area contributed by atoms with Gasteiger partial charge < -0.3 is 15.6 Å². The largest absolute Gasteiger partial charge is 0.490 e. The first-order chi connectivity index (χ1) is 14.2. The molecule has 6 heteroatoms. The zero-order valence-electron chi connectivity index (χ0n) is 17.8. The van der Waals surface area contributed by atoms with E-state index in [0.29, 0.717) is 16.9 Å². The van der Waals surface area contributed by atoms with Gasteiger partial charge in [-0.1, -0.05) is 44.4 Å². The van der Waals surface area contributed by atoms with Crippen LogP contribution in [0, 0.1) is 5.92 Å². The highest BCUT2D eigenvalue weighted by Gasteiger charge is 2.37. The van der Waals surface area contributed by atoms with Gasteiger partial charge in [0.25, 0.3) is 0 Å². The Hall–Kier alpha value is -1.79. The number of fused-ring (bicyclic) bond motifs is 1. The van der Waals surface area contributed by atoms with Crippen molar-refractivity contribution in [3.63, 3.8) is 0 Å². The molecule has 2 aromatic rings. The summed E-state index contributed by atoms with van der Waals surface area (Å²) in [7, 11) is 0. The van der Waals surface area contributed by atoms with E-state index in [-0.39, 0.29) is 23.8 Å². The summed E-state index contributed by atoms with van der Waals surface area (Å²) in [5.74, 6) is 0.566. The van der Waals surface area contributed by atoms with E-state index in [0.717, 1.165) is 25.7 Å². The smallest absolute Gasteiger partial charge is 0.420 e. The number of unbranched alkanes of at least 4 members (excludes halogenated alkanes) is 1. The first-order valence-corrected chi connectivity index (χ1v) is 10.9. The van der Waals surface area contributed by atoms with Crippen molar-refractivity contribution in [3.8, 4) is 5.75 Å². The van der Waals surface area contributed by atoms with Crippen LogP contribution in [0.4, 0.5) is 13.2 Å². The lowest BCUT2D eigenvalue weighted by Gasteiger charge is -2.30. The SMILES string of the molecule is CCCCC1CCC(Oc2ccc3cc([C@@](C)(N)CO)ccc3c2C(F)(F)F)CC1. The Morgan fingerprint density at radius 3 is 2.40 bits per heavy atom. The standard InChI is InChI=1S/C24H32F3NO2/c1-3-4-5-16-6-10-19(11-7-16)30-21-13-8-17-14-18(23(2,28)15-29)9-12-20(17)22(21)24(25,26)27/h8-9,12-14,16,19,29H,3-7,10-11,15,28H2,1-2H3/t16?,19?,23-/m0/s1. The van der Waals surface area contributed by atoms with E-state index in [9.17, 15) is 18.3 Å². The molecule has 1 aliphatic carbocycles. The van der Waals surface area contributed by atoms with Gasteiger partial charge in [-0.05, 0) is 67.0 Å². The van der Waals surface area contributed by atoms with Crippen molar-refractivity contribution in [2.45, 2.75) is 76.6 Å². The van der Waals surface area contributed by atoms with Crippen molar-refractivity contribution in [1.82, 2.24) is 0 Å². The third-order valence-electron chi connectivity index (χ3n) is 6.31. The lowest BCUT2D eigenvalue weighted by molar-refractivity contribution is -0.138. The highest BCUT2D eigenvalue weighted by atomic mass is 19.4. The maximum Gasteiger partial charge on any atom is 0.420 e. The number of ether oxygens (including phenoxy) is 1. The summed E-state index contributed by atoms with van der Waals surface area (Å²) in [5, 5.41) is 9.99. The van der Waals surface area contributed by atoms with Crippen LogP contribution in [-0.4, -0.2) is 17.8 Å². The fraction of sp³-hybridized carbons (Fsp3) is 0.583. The van der Waals surface area contributed by atoms with Gasteiger partial charge in [-0.2, -0.15) is 13.2 Å². The number of benzene rings is 2. The van der Waals surface area contributed by atoms with Crippen LogP contribution in [0.2, 0.25) is 0 Å². The van der Waals surface area contributed by atoms with E-state index in [1.807, 2.05) is 0 Å². The van der Waals surface area contributed by atoms with Crippen LogP contribution in [0.1, 0.15) is 69.9 Å². The Bertz CT molecular complexity index is 855. The van der Waals surface area contributed by atoms with Gasteiger partial charge in [0, 0.05) is 0 Å². The molecule has 0 radical (unpaired) electrons. The van der Waals surface area contributed by atoms with Crippen LogP contribution in [0.5, 0.6) is 5.75 Å². The minimum atomic E-state index is -4.53. The van der Waals surface area contributed by atoms with Crippen LogP contribution in [-0.2, 0) is 11.7 Å². The molecule has 1 fully saturated rings. The predicted octanol–water partition coefficient (Wildman–Crippen LogP) is 6.15. The maximum atomic E-state index is 14.0. The second-order valence-corrected chi connectivity index (χ2v) is 8.85. The normalized spacial score (nSPS) is 22.1. The van der Waals surface area contributed by atoms with Gasteiger partial charge in [-0.25, -0.2) is 0 Å². The predicted molar refractivity (Wildman–Crippen MR) is 113 cm³/mol. The van der Waals surface area contributed by atoms with E-state index >= 15 is 0 Å². The lowest BCUT2D eigenvalue weighted by atomic mass is 9.84. The number of nitrogens with two attached hydrogens (primary N) is 1. The van der Waals surface area contributed by atoms with Crippen molar-refractivity contribution in [2.75, 3.05) is 6.61 Å². The van der Waals surface area contributed by atoms with E-state index < -0.39 is 17.3 Å². The summed E-state index contributed by atoms with van der Waals surface area (Å²) in [6, 6.07) is 7.66. The first-order valence-electron chi connectivity index (χ1n) is 10.9. The number of alkyl halides is 3. The maximum absolute atomic E-state index is 14.0. The quantitative estimate of drug-likeness (QED) is 0.561. The first kappa shape index (κ1) is 22.9. The monoisotopic (exact) mass is 423 g/mol. The molecule has 30 heavy (non-hydrogen) atoms. The van der Waals surface area contributed by atoms with Crippen molar-refractivity contribution in [2.24, 2.45) is 11.7 Å². The number of aliphatic hydroxyl groups excluding tert-OH is 1. The van der Waals surface area contributed by atoms with E-state index in [1.165, 1.54) is 31.4 Å². The molecule has 3 N–H and O–H groups in total. The second-order valence-electron chi connectivity index (χ2n) is 8.85. The third-order valence-corrected chi connectivity index (χ3v) is 6.31. The molecule has 0 heterocycles. The molecule has 0 aliphatic heterocycles. The molecule has 0 aromatic heterocycles. The highest BCUT2D eigenvalue weighted by molar-refractivity contribution is 5.89. The zero-order valence-corrected chi connectivity index (χ0v) is 17.8. The molecular weight excluding hydrogens is 391 g/mol. The summed E-state index contributed by atoms with van der Waals surface area (Å²) in [6.07, 6.45) is 2.49. The Labute approximate surface area is 176 Å². The van der Waals surface area contributed by atoms with Crippen molar-refractivity contribution in [3.05, 3.63) is 41.5 Å². The molecule has 0 saturated heterocycles. The molecule has 1 aliphatic rings. The summed E-state index contributed by atoms with van der Waals surface area (Å²) >= 11 is 0. The van der Waals surface area contributed by atoms with Gasteiger partial charge in [-0.3, -0.25) is 0 Å². The molecule has 3 rings (SSSR count). The summed E-state index contributed by atoms with van der Waals surface area (Å²) in [6.45, 7) is 3.52. The molecule has 0 unspecified atom stereocenters. The van der Waals surface area contributed by atoms with Crippen LogP contribution >= 0.6 is 0 Å². The van der Waals surface area contributed by atoms with Gasteiger partial charge in [0.05, 0.1) is 18.2 Å². The Kier molecular flexibility index (Phi) is 6.98. The molecule has 3 nitrogen and oxygen atoms in total. The number of hydrogen-bond acceptors (Lipinski definition) is 3. The van der Waals surface area contributed by atoms with Crippen molar-refractivity contribution in [1.29, 1.82) is 0 Å². The number of hydrogen-bond donors (Lipinski definition) is 2. The molecule has 0 amide bonds. The Morgan fingerprint density at radius 2 is 1.80 bits per heavy atom. The molecular formula is C24H32F3NO2. The fourth-order valence-electron chi connectivity index (χ4n) is 4.36.